The fourth-order valence-electron chi connectivity index (χ4n) is 2.74. The van der Waals surface area contributed by atoms with Crippen molar-refractivity contribution < 1.29 is 24.2 Å². The third kappa shape index (κ3) is 10.2. The summed E-state index contributed by atoms with van der Waals surface area (Å²) in [6, 6.07) is -0.713. The number of nitrogens with zero attached hydrogens (tertiary/aromatic N) is 1. The molecule has 1 fully saturated rings. The standard InChI is InChI=1S/C17H33N3O3.CH2O2/c1-12(18-15(22)23-17(5,6)7)13(20-10-8-9-11-20)14(21)19-16(2,3)4;2-1-3/h12-13H,8-11H2,1-7H3,(H,18,22)(H,19,21);1H,(H,2,3). The van der Waals surface area contributed by atoms with Gasteiger partial charge in [0.2, 0.25) is 5.91 Å². The molecule has 0 aromatic heterocycles. The summed E-state index contributed by atoms with van der Waals surface area (Å²) < 4.78 is 5.30. The lowest BCUT2D eigenvalue weighted by molar-refractivity contribution is -0.128. The second kappa shape index (κ2) is 10.4. The summed E-state index contributed by atoms with van der Waals surface area (Å²) in [6.45, 7) is 14.7. The van der Waals surface area contributed by atoms with Gasteiger partial charge in [0.05, 0.1) is 6.04 Å². The summed E-state index contributed by atoms with van der Waals surface area (Å²) in [5.74, 6) is -0.0528. The van der Waals surface area contributed by atoms with Crippen molar-refractivity contribution in [3.8, 4) is 0 Å². The van der Waals surface area contributed by atoms with Gasteiger partial charge in [0.1, 0.15) is 11.6 Å². The molecule has 0 aliphatic carbocycles. The maximum atomic E-state index is 12.7. The highest BCUT2D eigenvalue weighted by Crippen LogP contribution is 2.16. The van der Waals surface area contributed by atoms with E-state index in [0.29, 0.717) is 0 Å². The van der Waals surface area contributed by atoms with Crippen molar-refractivity contribution in [2.24, 2.45) is 0 Å². The minimum atomic E-state index is -0.555. The summed E-state index contributed by atoms with van der Waals surface area (Å²) in [6.07, 6.45) is 1.68. The molecule has 0 aromatic rings. The van der Waals surface area contributed by atoms with Crippen LogP contribution in [0.4, 0.5) is 4.79 Å². The molecule has 3 N–H and O–H groups in total. The molecule has 8 heteroatoms. The van der Waals surface area contributed by atoms with E-state index in [-0.39, 0.29) is 30.0 Å². The molecule has 1 aliphatic heterocycles. The second-order valence-corrected chi connectivity index (χ2v) is 8.47. The largest absolute Gasteiger partial charge is 0.483 e. The zero-order valence-electron chi connectivity index (χ0n) is 17.1. The number of carbonyl (C=O) groups excluding carboxylic acids is 2. The number of alkyl carbamates (subject to hydrolysis) is 1. The topological polar surface area (TPSA) is 108 Å². The van der Waals surface area contributed by atoms with Gasteiger partial charge < -0.3 is 20.5 Å². The number of carboxylic acid groups (broad SMARTS) is 1. The molecule has 8 nitrogen and oxygen atoms in total. The average molecular weight is 373 g/mol. The van der Waals surface area contributed by atoms with Crippen LogP contribution in [0.3, 0.4) is 0 Å². The Labute approximate surface area is 156 Å². The van der Waals surface area contributed by atoms with Crippen molar-refractivity contribution in [3.05, 3.63) is 0 Å². The van der Waals surface area contributed by atoms with Gasteiger partial charge in [-0.1, -0.05) is 0 Å². The molecule has 1 rings (SSSR count). The molecule has 0 radical (unpaired) electrons. The van der Waals surface area contributed by atoms with Gasteiger partial charge in [-0.3, -0.25) is 14.5 Å². The number of likely N-dealkylation sites (tertiary alicyclic amines) is 1. The molecule has 1 saturated heterocycles. The molecule has 0 spiro atoms. The first-order valence-electron chi connectivity index (χ1n) is 8.94. The molecule has 0 saturated carbocycles. The van der Waals surface area contributed by atoms with E-state index in [1.54, 1.807) is 0 Å². The van der Waals surface area contributed by atoms with E-state index in [2.05, 4.69) is 15.5 Å². The number of rotatable bonds is 4. The number of ether oxygens (including phenoxy) is 1. The number of hydrogen-bond acceptors (Lipinski definition) is 5. The lowest BCUT2D eigenvalue weighted by Gasteiger charge is -2.34. The fourth-order valence-corrected chi connectivity index (χ4v) is 2.74. The lowest BCUT2D eigenvalue weighted by atomic mass is 10.0. The van der Waals surface area contributed by atoms with Gasteiger partial charge in [-0.25, -0.2) is 4.79 Å². The smallest absolute Gasteiger partial charge is 0.407 e. The van der Waals surface area contributed by atoms with Crippen molar-refractivity contribution in [1.82, 2.24) is 15.5 Å². The molecule has 152 valence electrons. The van der Waals surface area contributed by atoms with Crippen LogP contribution in [0.5, 0.6) is 0 Å². The Morgan fingerprint density at radius 1 is 1.12 bits per heavy atom. The fraction of sp³-hybridized carbons (Fsp3) is 0.833. The van der Waals surface area contributed by atoms with Crippen molar-refractivity contribution >= 4 is 18.5 Å². The van der Waals surface area contributed by atoms with E-state index in [1.165, 1.54) is 0 Å². The first-order valence-corrected chi connectivity index (χ1v) is 8.94. The lowest BCUT2D eigenvalue weighted by Crippen LogP contribution is -2.59. The minimum absolute atomic E-state index is 0.0528. The monoisotopic (exact) mass is 373 g/mol. The zero-order valence-corrected chi connectivity index (χ0v) is 17.1. The average Bonchev–Trinajstić information content (AvgIpc) is 2.88. The van der Waals surface area contributed by atoms with E-state index in [9.17, 15) is 9.59 Å². The van der Waals surface area contributed by atoms with Crippen LogP contribution in [0, 0.1) is 0 Å². The molecule has 2 unspecified atom stereocenters. The van der Waals surface area contributed by atoms with E-state index in [4.69, 9.17) is 14.6 Å². The summed E-state index contributed by atoms with van der Waals surface area (Å²) in [5, 5.41) is 12.7. The second-order valence-electron chi connectivity index (χ2n) is 8.47. The van der Waals surface area contributed by atoms with Crippen molar-refractivity contribution in [2.45, 2.75) is 84.5 Å². The minimum Gasteiger partial charge on any atom is -0.483 e. The summed E-state index contributed by atoms with van der Waals surface area (Å²) >= 11 is 0. The third-order valence-corrected chi connectivity index (χ3v) is 3.52. The van der Waals surface area contributed by atoms with Gasteiger partial charge in [-0.2, -0.15) is 0 Å². The first-order chi connectivity index (χ1) is 11.8. The van der Waals surface area contributed by atoms with Crippen LogP contribution in [0.25, 0.3) is 0 Å². The van der Waals surface area contributed by atoms with Crippen LogP contribution >= 0.6 is 0 Å². The van der Waals surface area contributed by atoms with Crippen molar-refractivity contribution in [1.29, 1.82) is 0 Å². The van der Waals surface area contributed by atoms with Crippen LogP contribution in [0.2, 0.25) is 0 Å². The molecular formula is C18H35N3O5. The maximum Gasteiger partial charge on any atom is 0.407 e. The van der Waals surface area contributed by atoms with Crippen LogP contribution in [0.1, 0.15) is 61.3 Å². The number of hydrogen-bond donors (Lipinski definition) is 3. The zero-order chi connectivity index (χ0) is 20.5. The summed E-state index contributed by atoms with van der Waals surface area (Å²) in [7, 11) is 0. The SMILES string of the molecule is CC(NC(=O)OC(C)(C)C)C(C(=O)NC(C)(C)C)N1CCCC1.O=CO. The molecule has 2 atom stereocenters. The van der Waals surface area contributed by atoms with Gasteiger partial charge in [0.25, 0.3) is 6.47 Å². The van der Waals surface area contributed by atoms with E-state index < -0.39 is 11.7 Å². The van der Waals surface area contributed by atoms with Crippen LogP contribution in [0.15, 0.2) is 0 Å². The van der Waals surface area contributed by atoms with Gasteiger partial charge in [-0.05, 0) is 74.4 Å². The Morgan fingerprint density at radius 2 is 1.58 bits per heavy atom. The molecule has 1 aliphatic rings. The number of nitrogens with one attached hydrogen (secondary N) is 2. The highest BCUT2D eigenvalue weighted by atomic mass is 16.6. The Morgan fingerprint density at radius 3 is 1.96 bits per heavy atom. The quantitative estimate of drug-likeness (QED) is 0.650. The van der Waals surface area contributed by atoms with Gasteiger partial charge >= 0.3 is 6.09 Å². The van der Waals surface area contributed by atoms with Crippen LogP contribution in [-0.4, -0.2) is 64.8 Å². The van der Waals surface area contributed by atoms with Crippen LogP contribution in [-0.2, 0) is 14.3 Å². The molecular weight excluding hydrogens is 338 g/mol. The van der Waals surface area contributed by atoms with E-state index in [0.717, 1.165) is 25.9 Å². The number of carbonyl (C=O) groups is 3. The predicted octanol–water partition coefficient (Wildman–Crippen LogP) is 1.98. The summed E-state index contributed by atoms with van der Waals surface area (Å²) in [5.41, 5.74) is -0.860. The van der Waals surface area contributed by atoms with E-state index in [1.807, 2.05) is 48.5 Å². The van der Waals surface area contributed by atoms with E-state index >= 15 is 0 Å². The highest BCUT2D eigenvalue weighted by molar-refractivity contribution is 5.84. The maximum absolute atomic E-state index is 12.7. The summed E-state index contributed by atoms with van der Waals surface area (Å²) in [4.78, 5) is 35.2. The van der Waals surface area contributed by atoms with Crippen molar-refractivity contribution in [2.75, 3.05) is 13.1 Å². The Balaban J connectivity index is 0.00000194. The Hall–Kier alpha value is -1.83. The van der Waals surface area contributed by atoms with Gasteiger partial charge in [0, 0.05) is 5.54 Å². The van der Waals surface area contributed by atoms with Gasteiger partial charge in [-0.15, -0.1) is 0 Å². The van der Waals surface area contributed by atoms with Crippen molar-refractivity contribution in [3.63, 3.8) is 0 Å². The molecule has 26 heavy (non-hydrogen) atoms. The number of amides is 2. The normalized spacial score (nSPS) is 17.3. The Bertz CT molecular complexity index is 462. The van der Waals surface area contributed by atoms with Gasteiger partial charge in [0.15, 0.2) is 0 Å². The Kier molecular flexibility index (Phi) is 9.62. The molecule has 1 heterocycles. The highest BCUT2D eigenvalue weighted by Gasteiger charge is 2.35. The van der Waals surface area contributed by atoms with Crippen LogP contribution < -0.4 is 10.6 Å². The first kappa shape index (κ1) is 24.2. The molecule has 0 bridgehead atoms. The molecule has 0 aromatic carbocycles. The third-order valence-electron chi connectivity index (χ3n) is 3.52. The molecule has 2 amide bonds. The predicted molar refractivity (Wildman–Crippen MR) is 100 cm³/mol.